The molecule has 3 aliphatic rings. The molecule has 3 unspecified atom stereocenters. The molecule has 0 aromatic heterocycles. The average Bonchev–Trinajstić information content (AvgIpc) is 3.04. The van der Waals surface area contributed by atoms with Crippen LogP contribution in [0.1, 0.15) is 39.0 Å². The smallest absolute Gasteiger partial charge is 0.0561 e. The van der Waals surface area contributed by atoms with E-state index in [1.54, 1.807) is 0 Å². The summed E-state index contributed by atoms with van der Waals surface area (Å²) < 4.78 is 5.64. The van der Waals surface area contributed by atoms with Gasteiger partial charge in [0.25, 0.3) is 0 Å². The highest BCUT2D eigenvalue weighted by Gasteiger charge is 2.31. The van der Waals surface area contributed by atoms with E-state index in [0.29, 0.717) is 6.10 Å². The fourth-order valence-corrected chi connectivity index (χ4v) is 3.29. The van der Waals surface area contributed by atoms with Crippen molar-refractivity contribution in [2.75, 3.05) is 26.2 Å². The lowest BCUT2D eigenvalue weighted by Crippen LogP contribution is -2.41. The van der Waals surface area contributed by atoms with Gasteiger partial charge < -0.3 is 10.1 Å². The number of hydrogen-bond donors (Lipinski definition) is 1. The third kappa shape index (κ3) is 3.21. The van der Waals surface area contributed by atoms with Gasteiger partial charge in [-0.1, -0.05) is 0 Å². The number of ether oxygens (including phenoxy) is 1. The highest BCUT2D eigenvalue weighted by Crippen LogP contribution is 2.26. The first-order chi connectivity index (χ1) is 8.31. The second kappa shape index (κ2) is 5.25. The number of hydrogen-bond acceptors (Lipinski definition) is 3. The molecule has 98 valence electrons. The second-order valence-electron chi connectivity index (χ2n) is 6.19. The van der Waals surface area contributed by atoms with E-state index < -0.39 is 0 Å². The van der Waals surface area contributed by atoms with Crippen molar-refractivity contribution < 1.29 is 4.74 Å². The van der Waals surface area contributed by atoms with Gasteiger partial charge in [0, 0.05) is 25.2 Å². The minimum absolute atomic E-state index is 0.470. The van der Waals surface area contributed by atoms with Crippen LogP contribution in [0.25, 0.3) is 0 Å². The molecule has 3 heteroatoms. The summed E-state index contributed by atoms with van der Waals surface area (Å²) in [6.07, 6.45) is 7.17. The van der Waals surface area contributed by atoms with Gasteiger partial charge in [0.15, 0.2) is 0 Å². The van der Waals surface area contributed by atoms with Crippen molar-refractivity contribution in [3.63, 3.8) is 0 Å². The van der Waals surface area contributed by atoms with Crippen LogP contribution in [0.5, 0.6) is 0 Å². The lowest BCUT2D eigenvalue weighted by atomic mass is 10.0. The Balaban J connectivity index is 1.42. The van der Waals surface area contributed by atoms with E-state index in [4.69, 9.17) is 4.74 Å². The van der Waals surface area contributed by atoms with Crippen molar-refractivity contribution in [1.82, 2.24) is 10.2 Å². The molecule has 3 fully saturated rings. The van der Waals surface area contributed by atoms with Gasteiger partial charge in [0.1, 0.15) is 0 Å². The van der Waals surface area contributed by atoms with Crippen LogP contribution < -0.4 is 5.32 Å². The normalized spacial score (nSPS) is 39.7. The minimum atomic E-state index is 0.470. The van der Waals surface area contributed by atoms with Crippen molar-refractivity contribution >= 4 is 0 Å². The molecule has 2 aliphatic heterocycles. The number of rotatable bonds is 4. The highest BCUT2D eigenvalue weighted by molar-refractivity contribution is 4.87. The third-order valence-corrected chi connectivity index (χ3v) is 4.56. The predicted octanol–water partition coefficient (Wildman–Crippen LogP) is 1.63. The van der Waals surface area contributed by atoms with Gasteiger partial charge in [-0.15, -0.1) is 0 Å². The van der Waals surface area contributed by atoms with Gasteiger partial charge in [-0.25, -0.2) is 0 Å². The van der Waals surface area contributed by atoms with Crippen molar-refractivity contribution in [1.29, 1.82) is 0 Å². The average molecular weight is 238 g/mol. The summed E-state index contributed by atoms with van der Waals surface area (Å²) in [6, 6.07) is 1.66. The van der Waals surface area contributed by atoms with Crippen LogP contribution in [0.4, 0.5) is 0 Å². The van der Waals surface area contributed by atoms with Crippen LogP contribution in [-0.4, -0.2) is 49.3 Å². The molecule has 1 saturated carbocycles. The summed E-state index contributed by atoms with van der Waals surface area (Å²) >= 11 is 0. The van der Waals surface area contributed by atoms with Crippen molar-refractivity contribution in [2.45, 2.75) is 57.2 Å². The van der Waals surface area contributed by atoms with E-state index in [9.17, 15) is 0 Å². The Kier molecular flexibility index (Phi) is 3.69. The van der Waals surface area contributed by atoms with Crippen LogP contribution in [0, 0.1) is 5.92 Å². The number of nitrogens with zero attached hydrogens (tertiary/aromatic N) is 1. The lowest BCUT2D eigenvalue weighted by molar-refractivity contribution is -0.0129. The molecule has 3 rings (SSSR count). The van der Waals surface area contributed by atoms with Crippen molar-refractivity contribution in [3.8, 4) is 0 Å². The molecule has 1 aliphatic carbocycles. The Labute approximate surface area is 105 Å². The quantitative estimate of drug-likeness (QED) is 0.805. The molecule has 0 spiro atoms. The molecule has 0 aromatic rings. The molecule has 1 N–H and O–H groups in total. The lowest BCUT2D eigenvalue weighted by Gasteiger charge is -2.34. The Morgan fingerprint density at radius 3 is 2.88 bits per heavy atom. The fourth-order valence-electron chi connectivity index (χ4n) is 3.29. The van der Waals surface area contributed by atoms with E-state index in [-0.39, 0.29) is 0 Å². The first-order valence-electron chi connectivity index (χ1n) is 7.40. The molecule has 2 saturated heterocycles. The zero-order chi connectivity index (χ0) is 11.7. The molecule has 2 heterocycles. The van der Waals surface area contributed by atoms with E-state index >= 15 is 0 Å². The first kappa shape index (κ1) is 11.9. The van der Waals surface area contributed by atoms with Gasteiger partial charge in [-0.2, -0.15) is 0 Å². The first-order valence-corrected chi connectivity index (χ1v) is 7.40. The predicted molar refractivity (Wildman–Crippen MR) is 69.1 cm³/mol. The molecule has 0 aromatic carbocycles. The zero-order valence-electron chi connectivity index (χ0n) is 11.0. The summed E-state index contributed by atoms with van der Waals surface area (Å²) in [7, 11) is 0. The van der Waals surface area contributed by atoms with Gasteiger partial charge in [0.2, 0.25) is 0 Å². The van der Waals surface area contributed by atoms with E-state index in [0.717, 1.165) is 24.6 Å². The Morgan fingerprint density at radius 2 is 2.12 bits per heavy atom. The largest absolute Gasteiger partial charge is 0.378 e. The summed E-state index contributed by atoms with van der Waals surface area (Å²) in [4.78, 5) is 2.72. The molecule has 17 heavy (non-hydrogen) atoms. The maximum absolute atomic E-state index is 5.64. The standard InChI is InChI=1S/C14H26N2O/c1-11-8-14(5-7-17-11)16-6-4-12(10-16)9-15-13-2-3-13/h11-15H,2-10H2,1H3. The number of likely N-dealkylation sites (tertiary alicyclic amines) is 1. The molecule has 0 amide bonds. The topological polar surface area (TPSA) is 24.5 Å². The van der Waals surface area contributed by atoms with Crippen molar-refractivity contribution in [3.05, 3.63) is 0 Å². The summed E-state index contributed by atoms with van der Waals surface area (Å²) in [5.41, 5.74) is 0. The SMILES string of the molecule is CC1CC(N2CCC(CNC3CC3)C2)CCO1. The van der Waals surface area contributed by atoms with Gasteiger partial charge in [-0.05, 0) is 58.0 Å². The Hall–Kier alpha value is -0.120. The summed E-state index contributed by atoms with van der Waals surface area (Å²) in [5, 5.41) is 3.68. The summed E-state index contributed by atoms with van der Waals surface area (Å²) in [5.74, 6) is 0.897. The Bertz CT molecular complexity index is 255. The summed E-state index contributed by atoms with van der Waals surface area (Å²) in [6.45, 7) is 7.06. The molecule has 3 nitrogen and oxygen atoms in total. The fraction of sp³-hybridized carbons (Fsp3) is 1.00. The maximum atomic E-state index is 5.64. The monoisotopic (exact) mass is 238 g/mol. The molecule has 0 radical (unpaired) electrons. The van der Waals surface area contributed by atoms with Gasteiger partial charge in [-0.3, -0.25) is 4.90 Å². The van der Waals surface area contributed by atoms with Crippen molar-refractivity contribution in [2.24, 2.45) is 5.92 Å². The second-order valence-corrected chi connectivity index (χ2v) is 6.19. The van der Waals surface area contributed by atoms with Crippen LogP contribution in [0.15, 0.2) is 0 Å². The van der Waals surface area contributed by atoms with E-state index in [1.165, 1.54) is 51.7 Å². The van der Waals surface area contributed by atoms with Crippen LogP contribution in [0.3, 0.4) is 0 Å². The molecular formula is C14H26N2O. The zero-order valence-corrected chi connectivity index (χ0v) is 11.0. The van der Waals surface area contributed by atoms with Gasteiger partial charge >= 0.3 is 0 Å². The number of nitrogens with one attached hydrogen (secondary N) is 1. The third-order valence-electron chi connectivity index (χ3n) is 4.56. The Morgan fingerprint density at radius 1 is 1.24 bits per heavy atom. The maximum Gasteiger partial charge on any atom is 0.0561 e. The van der Waals surface area contributed by atoms with E-state index in [1.807, 2.05) is 0 Å². The molecule has 3 atom stereocenters. The van der Waals surface area contributed by atoms with Crippen LogP contribution >= 0.6 is 0 Å². The molecule has 0 bridgehead atoms. The minimum Gasteiger partial charge on any atom is -0.378 e. The molecular weight excluding hydrogens is 212 g/mol. The van der Waals surface area contributed by atoms with Crippen LogP contribution in [-0.2, 0) is 4.74 Å². The van der Waals surface area contributed by atoms with Crippen LogP contribution in [0.2, 0.25) is 0 Å². The highest BCUT2D eigenvalue weighted by atomic mass is 16.5. The van der Waals surface area contributed by atoms with E-state index in [2.05, 4.69) is 17.1 Å². The van der Waals surface area contributed by atoms with Gasteiger partial charge in [0.05, 0.1) is 6.10 Å².